The molecule has 0 bridgehead atoms. The van der Waals surface area contributed by atoms with Crippen LogP contribution < -0.4 is 25.9 Å². The Kier molecular flexibility index (Phi) is 13.6. The maximum absolute atomic E-state index is 13.9. The Labute approximate surface area is 303 Å². The number of ether oxygens (including phenoxy) is 1. The summed E-state index contributed by atoms with van der Waals surface area (Å²) in [6.07, 6.45) is 5.49. The molecule has 2 aliphatic rings. The van der Waals surface area contributed by atoms with Crippen LogP contribution in [0.1, 0.15) is 78.4 Å². The predicted octanol–water partition coefficient (Wildman–Crippen LogP) is 5.65. The molecule has 12 nitrogen and oxygen atoms in total. The van der Waals surface area contributed by atoms with Crippen LogP contribution in [0.15, 0.2) is 72.8 Å². The Morgan fingerprint density at radius 1 is 0.882 bits per heavy atom. The molecule has 1 atom stereocenters. The van der Waals surface area contributed by atoms with E-state index in [1.165, 1.54) is 12.1 Å². The Bertz CT molecular complexity index is 1760. The maximum atomic E-state index is 13.9. The molecule has 2 aliphatic heterocycles. The van der Waals surface area contributed by atoms with Crippen LogP contribution in [0.5, 0.6) is 5.75 Å². The lowest BCUT2D eigenvalue weighted by atomic mass is 9.95. The number of carbonyl (C=O) groups excluding carboxylic acids is 2. The zero-order valence-corrected chi connectivity index (χ0v) is 30.5. The molecule has 5 rings (SSSR count). The number of benzene rings is 3. The van der Waals surface area contributed by atoms with Crippen molar-refractivity contribution in [2.75, 3.05) is 37.9 Å². The van der Waals surface area contributed by atoms with Gasteiger partial charge >= 0.3 is 5.97 Å². The molecule has 3 aromatic rings. The molecule has 1 unspecified atom stereocenters. The zero-order chi connectivity index (χ0) is 36.2. The molecule has 0 radical (unpaired) electrons. The third-order valence-corrected chi connectivity index (χ3v) is 9.62. The van der Waals surface area contributed by atoms with Gasteiger partial charge in [0.05, 0.1) is 42.3 Å². The number of nitrogens with zero attached hydrogens (tertiary/aromatic N) is 2. The van der Waals surface area contributed by atoms with Gasteiger partial charge in [-0.3, -0.25) is 14.6 Å². The molecular formula is C37H46N5O7PS. The first-order chi connectivity index (χ1) is 24.6. The van der Waals surface area contributed by atoms with Gasteiger partial charge in [0, 0.05) is 37.2 Å². The van der Waals surface area contributed by atoms with Crippen molar-refractivity contribution in [3.05, 3.63) is 95.1 Å². The minimum absolute atomic E-state index is 0.00897. The summed E-state index contributed by atoms with van der Waals surface area (Å²) in [6.45, 7) is 1.20. The van der Waals surface area contributed by atoms with Crippen molar-refractivity contribution in [2.45, 2.75) is 57.9 Å². The first-order valence-electron chi connectivity index (χ1n) is 17.3. The second-order valence-electron chi connectivity index (χ2n) is 12.6. The molecule has 272 valence electrons. The van der Waals surface area contributed by atoms with E-state index in [4.69, 9.17) is 21.1 Å². The number of rotatable bonds is 18. The van der Waals surface area contributed by atoms with Crippen LogP contribution in [0.25, 0.3) is 11.4 Å². The van der Waals surface area contributed by atoms with Gasteiger partial charge in [-0.25, -0.2) is 4.79 Å². The Morgan fingerprint density at radius 3 is 2.35 bits per heavy atom. The van der Waals surface area contributed by atoms with Crippen molar-refractivity contribution in [3.63, 3.8) is 0 Å². The van der Waals surface area contributed by atoms with Crippen molar-refractivity contribution >= 4 is 53.2 Å². The second-order valence-corrected chi connectivity index (χ2v) is 16.4. The van der Waals surface area contributed by atoms with Crippen LogP contribution in [0.2, 0.25) is 0 Å². The number of unbranched alkanes of at least 4 members (excludes halogenated alkanes) is 4. The fourth-order valence-electron chi connectivity index (χ4n) is 6.08. The van der Waals surface area contributed by atoms with E-state index in [0.717, 1.165) is 59.5 Å². The lowest BCUT2D eigenvalue weighted by molar-refractivity contribution is -0.122. The molecule has 0 spiro atoms. The summed E-state index contributed by atoms with van der Waals surface area (Å²) < 4.78 is 11.2. The van der Waals surface area contributed by atoms with Gasteiger partial charge < -0.3 is 34.9 Å². The van der Waals surface area contributed by atoms with Crippen molar-refractivity contribution in [2.24, 2.45) is 0 Å². The van der Waals surface area contributed by atoms with Crippen molar-refractivity contribution in [1.29, 1.82) is 0 Å². The number of hydrogen-bond donors (Lipinski definition) is 5. The molecule has 51 heavy (non-hydrogen) atoms. The molecule has 2 heterocycles. The Morgan fingerprint density at radius 2 is 1.59 bits per heavy atom. The number of carbonyl (C=O) groups is 3. The summed E-state index contributed by atoms with van der Waals surface area (Å²) in [4.78, 5) is 48.9. The minimum atomic E-state index is -2.59. The Balaban J connectivity index is 1.17. The number of anilines is 1. The average Bonchev–Trinajstić information content (AvgIpc) is 3.52. The first-order valence-corrected chi connectivity index (χ1v) is 20.4. The largest absolute Gasteiger partial charge is 0.492 e. The van der Waals surface area contributed by atoms with Gasteiger partial charge in [-0.15, -0.1) is 5.53 Å². The standard InChI is InChI=1S/C37H46N5O7PS/c1-50(47,51)49-24-11-3-2-10-22-38-33(43)16-8-9-17-34(44)41-26-28-12-4-5-13-30(28)35-36(31-14-6-7-15-32(31)41)42(40-39-35)23-25-48-29-20-18-27(19-21-29)37(45)46/h4-7,12-15,18-21,39-40H,2-3,8-11,16-17,22-26H2,1H3,(H,38,43)(H,45,46)(H,47,51). The number of hydrazine groups is 2. The number of carboxylic acid groups (broad SMARTS) is 1. The number of aromatic carboxylic acids is 1. The van der Waals surface area contributed by atoms with Gasteiger partial charge in [0.15, 0.2) is 6.49 Å². The number of fused-ring (bicyclic) bond motifs is 4. The van der Waals surface area contributed by atoms with E-state index in [1.54, 1.807) is 18.8 Å². The molecule has 0 aliphatic carbocycles. The second kappa shape index (κ2) is 18.3. The van der Waals surface area contributed by atoms with Gasteiger partial charge in [-0.2, -0.15) is 0 Å². The first kappa shape index (κ1) is 38.0. The Hall–Kier alpha value is -4.26. The summed E-state index contributed by atoms with van der Waals surface area (Å²) in [7, 11) is 0. The van der Waals surface area contributed by atoms with Gasteiger partial charge in [0.25, 0.3) is 0 Å². The normalized spacial score (nSPS) is 14.7. The van der Waals surface area contributed by atoms with Crippen molar-refractivity contribution in [3.8, 4) is 5.75 Å². The van der Waals surface area contributed by atoms with E-state index < -0.39 is 12.5 Å². The summed E-state index contributed by atoms with van der Waals surface area (Å²) in [5.74, 6) is -0.441. The third-order valence-electron chi connectivity index (χ3n) is 8.64. The van der Waals surface area contributed by atoms with Crippen molar-refractivity contribution in [1.82, 2.24) is 21.3 Å². The van der Waals surface area contributed by atoms with Gasteiger partial charge in [-0.05, 0) is 73.4 Å². The molecule has 14 heteroatoms. The highest BCUT2D eigenvalue weighted by molar-refractivity contribution is 8.09. The summed E-state index contributed by atoms with van der Waals surface area (Å²) in [5.41, 5.74) is 12.3. The van der Waals surface area contributed by atoms with E-state index >= 15 is 0 Å². The smallest absolute Gasteiger partial charge is 0.335 e. The molecule has 2 amide bonds. The minimum Gasteiger partial charge on any atom is -0.492 e. The SMILES string of the molecule is CP(O)(=S)OCCCCCCNC(=O)CCCCC(=O)N1Cc2ccccc2C2=C(c3ccccc31)N(CCOc1ccc(C(=O)O)cc1)NN2. The third kappa shape index (κ3) is 10.9. The molecule has 0 saturated carbocycles. The predicted molar refractivity (Wildman–Crippen MR) is 201 cm³/mol. The van der Waals surface area contributed by atoms with Gasteiger partial charge in [-0.1, -0.05) is 55.3 Å². The number of para-hydroxylation sites is 1. The van der Waals surface area contributed by atoms with Crippen molar-refractivity contribution < 1.29 is 33.6 Å². The zero-order valence-electron chi connectivity index (χ0n) is 28.8. The van der Waals surface area contributed by atoms with E-state index in [2.05, 4.69) is 16.3 Å². The van der Waals surface area contributed by atoms with E-state index in [0.29, 0.717) is 64.3 Å². The number of carboxylic acids is 1. The van der Waals surface area contributed by atoms with Crippen LogP contribution in [-0.4, -0.2) is 65.8 Å². The van der Waals surface area contributed by atoms with E-state index in [9.17, 15) is 24.4 Å². The highest BCUT2D eigenvalue weighted by Crippen LogP contribution is 2.40. The van der Waals surface area contributed by atoms with Crippen LogP contribution in [0.3, 0.4) is 0 Å². The molecule has 0 fully saturated rings. The van der Waals surface area contributed by atoms with Crippen LogP contribution in [0.4, 0.5) is 5.69 Å². The highest BCUT2D eigenvalue weighted by Gasteiger charge is 2.32. The monoisotopic (exact) mass is 735 g/mol. The summed E-state index contributed by atoms with van der Waals surface area (Å²) >= 11 is 4.87. The number of hydrogen-bond acceptors (Lipinski definition) is 9. The summed E-state index contributed by atoms with van der Waals surface area (Å²) in [5, 5.41) is 14.1. The van der Waals surface area contributed by atoms with Crippen LogP contribution in [0, 0.1) is 0 Å². The number of amides is 2. The van der Waals surface area contributed by atoms with E-state index in [1.807, 2.05) is 58.4 Å². The lowest BCUT2D eigenvalue weighted by Gasteiger charge is -2.31. The van der Waals surface area contributed by atoms with Gasteiger partial charge in [0.2, 0.25) is 11.8 Å². The van der Waals surface area contributed by atoms with Crippen LogP contribution in [-0.2, 0) is 32.5 Å². The lowest BCUT2D eigenvalue weighted by Crippen LogP contribution is -2.40. The fourth-order valence-corrected chi connectivity index (χ4v) is 6.77. The average molecular weight is 736 g/mol. The molecule has 5 N–H and O–H groups in total. The van der Waals surface area contributed by atoms with E-state index in [-0.39, 0.29) is 17.4 Å². The topological polar surface area (TPSA) is 153 Å². The quantitative estimate of drug-likeness (QED) is 0.0815. The number of nitrogens with one attached hydrogen (secondary N) is 3. The molecule has 0 aromatic heterocycles. The fraction of sp³-hybridized carbons (Fsp3) is 0.378. The summed E-state index contributed by atoms with van der Waals surface area (Å²) in [6, 6.07) is 22.2. The van der Waals surface area contributed by atoms with Crippen LogP contribution >= 0.6 is 6.49 Å². The molecule has 0 saturated heterocycles. The van der Waals surface area contributed by atoms with Gasteiger partial charge in [0.1, 0.15) is 12.4 Å². The molecular weight excluding hydrogens is 689 g/mol. The highest BCUT2D eigenvalue weighted by atomic mass is 32.5. The molecule has 3 aromatic carbocycles. The maximum Gasteiger partial charge on any atom is 0.335 e.